The number of fused-ring (bicyclic) bond motifs is 7. The lowest BCUT2D eigenvalue weighted by molar-refractivity contribution is -0.191. The van der Waals surface area contributed by atoms with Crippen molar-refractivity contribution in [3.8, 4) is 0 Å². The number of aliphatic hydroxyl groups excluding tert-OH is 2. The number of carbonyl (C=O) groups is 6. The first-order valence-electron chi connectivity index (χ1n) is 18.7. The number of allylic oxidation sites excluding steroid dienone is 1. The molecule has 14 heteroatoms. The lowest BCUT2D eigenvalue weighted by Gasteiger charge is -2.63. The highest BCUT2D eigenvalue weighted by molar-refractivity contribution is 6.09. The Balaban J connectivity index is 1.26. The van der Waals surface area contributed by atoms with E-state index in [1.807, 2.05) is 6.92 Å². The molecule has 9 aliphatic rings. The van der Waals surface area contributed by atoms with E-state index in [0.717, 1.165) is 23.6 Å². The van der Waals surface area contributed by atoms with Gasteiger partial charge in [0.1, 0.15) is 37.1 Å². The van der Waals surface area contributed by atoms with Gasteiger partial charge in [0.25, 0.3) is 0 Å². The zero-order valence-electron chi connectivity index (χ0n) is 30.8. The molecule has 2 aliphatic heterocycles. The molecule has 0 unspecified atom stereocenters. The third-order valence-electron chi connectivity index (χ3n) is 15.2. The van der Waals surface area contributed by atoms with Crippen molar-refractivity contribution in [2.24, 2.45) is 52.3 Å². The van der Waals surface area contributed by atoms with Crippen molar-refractivity contribution in [2.45, 2.75) is 83.2 Å². The van der Waals surface area contributed by atoms with Gasteiger partial charge in [-0.25, -0.2) is 19.2 Å². The number of ketones is 1. The molecule has 2 bridgehead atoms. The first-order chi connectivity index (χ1) is 25.5. The van der Waals surface area contributed by atoms with Gasteiger partial charge in [-0.05, 0) is 85.3 Å². The summed E-state index contributed by atoms with van der Waals surface area (Å²) in [5, 5.41) is 35.0. The fourth-order valence-corrected chi connectivity index (χ4v) is 12.7. The van der Waals surface area contributed by atoms with Crippen molar-refractivity contribution in [1.82, 2.24) is 0 Å². The van der Waals surface area contributed by atoms with Crippen LogP contribution in [0.1, 0.15) is 59.8 Å². The summed E-state index contributed by atoms with van der Waals surface area (Å²) in [5.74, 6) is -7.42. The van der Waals surface area contributed by atoms with Crippen molar-refractivity contribution in [3.63, 3.8) is 0 Å². The summed E-state index contributed by atoms with van der Waals surface area (Å²) in [4.78, 5) is 80.9. The molecule has 0 aromatic rings. The molecular formula is C40H44O14. The first kappa shape index (κ1) is 35.6. The molecule has 5 saturated carbocycles. The fraction of sp³-hybridized carbons (Fsp3) is 0.650. The Labute approximate surface area is 310 Å². The van der Waals surface area contributed by atoms with Gasteiger partial charge in [0.2, 0.25) is 0 Å². The lowest BCUT2D eigenvalue weighted by atomic mass is 9.42. The highest BCUT2D eigenvalue weighted by Gasteiger charge is 2.84. The normalized spacial score (nSPS) is 47.1. The molecule has 2 heterocycles. The minimum atomic E-state index is -1.89. The molecule has 0 saturated heterocycles. The number of Topliss-reactive ketones (excluding diaryl/α,β-unsaturated/α-hetero) is 1. The number of cyclic esters (lactones) is 3. The largest absolute Gasteiger partial charge is 0.466 e. The van der Waals surface area contributed by atoms with Crippen molar-refractivity contribution < 1.29 is 67.8 Å². The predicted molar refractivity (Wildman–Crippen MR) is 180 cm³/mol. The van der Waals surface area contributed by atoms with Crippen LogP contribution in [-0.2, 0) is 52.5 Å². The zero-order valence-corrected chi connectivity index (χ0v) is 30.8. The molecule has 0 aromatic carbocycles. The second kappa shape index (κ2) is 11.2. The van der Waals surface area contributed by atoms with Crippen LogP contribution >= 0.6 is 0 Å². The molecule has 7 aliphatic carbocycles. The van der Waals surface area contributed by atoms with Crippen molar-refractivity contribution in [1.29, 1.82) is 0 Å². The quantitative estimate of drug-likeness (QED) is 0.150. The number of hydrogen-bond donors (Lipinski definition) is 3. The van der Waals surface area contributed by atoms with Gasteiger partial charge in [-0.3, -0.25) is 9.59 Å². The SMILES string of the molecule is COC(=O)C(C)=C1C(=O)[C@H](O)[C@]2(C)C3=C(C[C@@H]4[C@]5(OC(=O)C6=C5C[C@@H]5[C@](O)(COC(=O)C=C(C)COC(=O)[C@@H](O)CC(=O)OC6)[C@H]6C[C@H]6[C@@]54C)[C@@H]13)[C@H]1C[C@H]12. The summed E-state index contributed by atoms with van der Waals surface area (Å²) in [6.45, 7) is 5.67. The number of ether oxygens (including phenoxy) is 5. The van der Waals surface area contributed by atoms with E-state index in [2.05, 4.69) is 6.92 Å². The molecule has 54 heavy (non-hydrogen) atoms. The third kappa shape index (κ3) is 4.27. The van der Waals surface area contributed by atoms with Gasteiger partial charge in [0.15, 0.2) is 11.9 Å². The van der Waals surface area contributed by atoms with Crippen LogP contribution in [-0.4, -0.2) is 101 Å². The summed E-state index contributed by atoms with van der Waals surface area (Å²) in [5.41, 5.74) is -2.21. The summed E-state index contributed by atoms with van der Waals surface area (Å²) < 4.78 is 28.1. The van der Waals surface area contributed by atoms with Crippen molar-refractivity contribution >= 4 is 35.6 Å². The Hall–Kier alpha value is -4.14. The molecule has 288 valence electrons. The minimum Gasteiger partial charge on any atom is -0.466 e. The summed E-state index contributed by atoms with van der Waals surface area (Å²) in [7, 11) is 1.20. The highest BCUT2D eigenvalue weighted by Crippen LogP contribution is 2.83. The molecule has 0 radical (unpaired) electrons. The lowest BCUT2D eigenvalue weighted by Crippen LogP contribution is -2.67. The van der Waals surface area contributed by atoms with Gasteiger partial charge in [-0.2, -0.15) is 0 Å². The standard InChI is InChI=1S/C40H44O14/c1-15-6-27(42)53-14-39(49)23-9-22(23)37(3)25(39)10-21-19(13-51-28(43)11-24(41)36(48)52-12-15)35(47)54-40(21)26(37)8-18-17-7-20(17)38(4)30(18)31(40)29(32(44)33(38)45)16(2)34(46)50-5/h6,17,20,22-26,31,33,41,45,49H,7-14H2,1-5H3/t17-,20-,22-,23+,24+,25+,26+,31+,33+,37+,38+,39+,40+/m1/s1. The molecule has 13 atom stereocenters. The van der Waals surface area contributed by atoms with E-state index in [1.165, 1.54) is 21.0 Å². The minimum absolute atomic E-state index is 0.00499. The van der Waals surface area contributed by atoms with E-state index in [9.17, 15) is 44.1 Å². The van der Waals surface area contributed by atoms with E-state index >= 15 is 0 Å². The molecule has 0 aromatic heterocycles. The van der Waals surface area contributed by atoms with Crippen LogP contribution in [0.25, 0.3) is 0 Å². The molecular weight excluding hydrogens is 704 g/mol. The number of carbonyl (C=O) groups excluding carboxylic acids is 6. The molecule has 3 N–H and O–H groups in total. The van der Waals surface area contributed by atoms with E-state index in [4.69, 9.17) is 23.7 Å². The first-order valence-corrected chi connectivity index (χ1v) is 18.7. The van der Waals surface area contributed by atoms with Gasteiger partial charge in [-0.15, -0.1) is 0 Å². The van der Waals surface area contributed by atoms with Crippen molar-refractivity contribution in [2.75, 3.05) is 26.9 Å². The van der Waals surface area contributed by atoms with Gasteiger partial charge >= 0.3 is 29.8 Å². The Morgan fingerprint density at radius 3 is 2.39 bits per heavy atom. The monoisotopic (exact) mass is 748 g/mol. The maximum atomic E-state index is 14.6. The van der Waals surface area contributed by atoms with Crippen LogP contribution < -0.4 is 0 Å². The van der Waals surface area contributed by atoms with E-state index in [1.54, 1.807) is 0 Å². The average Bonchev–Trinajstić information content (AvgIpc) is 4.05. The third-order valence-corrected chi connectivity index (χ3v) is 15.2. The zero-order chi connectivity index (χ0) is 38.6. The Kier molecular flexibility index (Phi) is 7.39. The Morgan fingerprint density at radius 2 is 1.67 bits per heavy atom. The summed E-state index contributed by atoms with van der Waals surface area (Å²) in [6.07, 6.45) is -1.07. The Bertz CT molecular complexity index is 2000. The summed E-state index contributed by atoms with van der Waals surface area (Å²) in [6, 6.07) is 0. The number of methoxy groups -OCH3 is 1. The summed E-state index contributed by atoms with van der Waals surface area (Å²) >= 11 is 0. The van der Waals surface area contributed by atoms with Crippen LogP contribution in [0.3, 0.4) is 0 Å². The number of esters is 5. The number of rotatable bonds is 1. The van der Waals surface area contributed by atoms with Crippen molar-refractivity contribution in [3.05, 3.63) is 45.1 Å². The second-order valence-electron chi connectivity index (χ2n) is 17.4. The average molecular weight is 749 g/mol. The molecule has 9 rings (SSSR count). The topological polar surface area (TPSA) is 209 Å². The molecule has 5 fully saturated rings. The second-order valence-corrected chi connectivity index (χ2v) is 17.4. The highest BCUT2D eigenvalue weighted by atomic mass is 16.6. The van der Waals surface area contributed by atoms with Crippen LogP contribution in [0.5, 0.6) is 0 Å². The van der Waals surface area contributed by atoms with E-state index in [0.29, 0.717) is 24.0 Å². The Morgan fingerprint density at radius 1 is 0.926 bits per heavy atom. The maximum absolute atomic E-state index is 14.6. The predicted octanol–water partition coefficient (Wildman–Crippen LogP) is 1.35. The van der Waals surface area contributed by atoms with Crippen LogP contribution in [0.4, 0.5) is 0 Å². The van der Waals surface area contributed by atoms with Crippen LogP contribution in [0.2, 0.25) is 0 Å². The van der Waals surface area contributed by atoms with Gasteiger partial charge in [-0.1, -0.05) is 19.4 Å². The van der Waals surface area contributed by atoms with E-state index in [-0.39, 0.29) is 60.0 Å². The van der Waals surface area contributed by atoms with Gasteiger partial charge in [0, 0.05) is 34.5 Å². The molecule has 0 amide bonds. The fourth-order valence-electron chi connectivity index (χ4n) is 12.7. The van der Waals surface area contributed by atoms with Crippen LogP contribution in [0.15, 0.2) is 45.1 Å². The van der Waals surface area contributed by atoms with E-state index < -0.39 is 101 Å². The van der Waals surface area contributed by atoms with Gasteiger partial charge in [0.05, 0.1) is 25.0 Å². The molecule has 14 nitrogen and oxygen atoms in total. The number of aliphatic hydroxyl groups is 3. The maximum Gasteiger partial charge on any atom is 0.338 e. The van der Waals surface area contributed by atoms with Crippen LogP contribution in [0, 0.1) is 52.3 Å². The van der Waals surface area contributed by atoms with Gasteiger partial charge < -0.3 is 39.0 Å². The number of hydrogen-bond acceptors (Lipinski definition) is 14. The smallest absolute Gasteiger partial charge is 0.338 e. The molecule has 1 spiro atoms.